The second-order valence-electron chi connectivity index (χ2n) is 10.8. The molecule has 210 valence electrons. The Morgan fingerprint density at radius 2 is 1.82 bits per heavy atom. The SMILES string of the molecule is COc1cc2cc([C@@H](c3nnnn3C[C@H]3CCCO3)N3CCC(Cc4ccccc4)CC3)c(=O)[nH]c2cc1OC. The van der Waals surface area contributed by atoms with Gasteiger partial charge >= 0.3 is 0 Å². The molecule has 4 aromatic rings. The van der Waals surface area contributed by atoms with Crippen molar-refractivity contribution in [2.75, 3.05) is 33.9 Å². The number of benzene rings is 2. The van der Waals surface area contributed by atoms with Gasteiger partial charge in [0.2, 0.25) is 0 Å². The first-order valence-corrected chi connectivity index (χ1v) is 14.1. The summed E-state index contributed by atoms with van der Waals surface area (Å²) in [6.45, 7) is 3.02. The molecule has 2 aromatic heterocycles. The lowest BCUT2D eigenvalue weighted by molar-refractivity contribution is 0.0892. The minimum absolute atomic E-state index is 0.0751. The van der Waals surface area contributed by atoms with E-state index in [2.05, 4.69) is 55.7 Å². The molecule has 0 spiro atoms. The zero-order valence-corrected chi connectivity index (χ0v) is 23.1. The molecule has 0 saturated carbocycles. The van der Waals surface area contributed by atoms with Gasteiger partial charge in [0.1, 0.15) is 6.04 Å². The number of piperidine rings is 1. The fourth-order valence-electron chi connectivity index (χ4n) is 6.13. The number of nitrogens with one attached hydrogen (secondary N) is 1. The van der Waals surface area contributed by atoms with Crippen molar-refractivity contribution in [3.05, 3.63) is 75.8 Å². The molecule has 0 aliphatic carbocycles. The van der Waals surface area contributed by atoms with E-state index in [1.165, 1.54) is 5.56 Å². The van der Waals surface area contributed by atoms with Gasteiger partial charge in [0.05, 0.1) is 32.4 Å². The Morgan fingerprint density at radius 1 is 1.05 bits per heavy atom. The van der Waals surface area contributed by atoms with Crippen molar-refractivity contribution in [3.8, 4) is 11.5 Å². The maximum atomic E-state index is 13.7. The van der Waals surface area contributed by atoms with Crippen LogP contribution in [0.4, 0.5) is 0 Å². The third kappa shape index (κ3) is 5.46. The number of methoxy groups -OCH3 is 2. The lowest BCUT2D eigenvalue weighted by atomic mass is 9.89. The van der Waals surface area contributed by atoms with E-state index >= 15 is 0 Å². The predicted molar refractivity (Wildman–Crippen MR) is 151 cm³/mol. The maximum Gasteiger partial charge on any atom is 0.253 e. The van der Waals surface area contributed by atoms with Gasteiger partial charge in [0.15, 0.2) is 17.3 Å². The first kappa shape index (κ1) is 26.5. The Hall–Kier alpha value is -3.76. The number of fused-ring (bicyclic) bond motifs is 1. The molecule has 2 atom stereocenters. The lowest BCUT2D eigenvalue weighted by Gasteiger charge is -2.37. The Balaban J connectivity index is 1.35. The van der Waals surface area contributed by atoms with E-state index in [1.54, 1.807) is 20.3 Å². The van der Waals surface area contributed by atoms with Crippen LogP contribution in [0.1, 0.15) is 48.7 Å². The highest BCUT2D eigenvalue weighted by molar-refractivity contribution is 5.83. The number of hydrogen-bond acceptors (Lipinski definition) is 8. The van der Waals surface area contributed by atoms with Crippen molar-refractivity contribution in [1.82, 2.24) is 30.1 Å². The number of tetrazole rings is 1. The standard InChI is InChI=1S/C30H36N6O4/c1-38-26-17-22-16-24(30(37)31-25(22)18-27(26)39-2)28(29-32-33-34-36(29)19-23-9-6-14-40-23)35-12-10-21(11-13-35)15-20-7-4-3-5-8-20/h3-5,7-8,16-18,21,23,28H,6,9-15,19H2,1-2H3,(H,31,37)/t23-,28+/m1/s1. The highest BCUT2D eigenvalue weighted by Gasteiger charge is 2.34. The number of rotatable bonds is 9. The van der Waals surface area contributed by atoms with Gasteiger partial charge in [-0.2, -0.15) is 0 Å². The van der Waals surface area contributed by atoms with Crippen molar-refractivity contribution in [2.24, 2.45) is 5.92 Å². The summed E-state index contributed by atoms with van der Waals surface area (Å²) >= 11 is 0. The van der Waals surface area contributed by atoms with E-state index in [0.29, 0.717) is 40.9 Å². The summed E-state index contributed by atoms with van der Waals surface area (Å²) in [5, 5.41) is 13.7. The maximum absolute atomic E-state index is 13.7. The van der Waals surface area contributed by atoms with Crippen molar-refractivity contribution in [3.63, 3.8) is 0 Å². The molecule has 10 heteroatoms. The first-order valence-electron chi connectivity index (χ1n) is 14.1. The van der Waals surface area contributed by atoms with Crippen LogP contribution >= 0.6 is 0 Å². The van der Waals surface area contributed by atoms with Gasteiger partial charge in [-0.3, -0.25) is 9.69 Å². The van der Waals surface area contributed by atoms with Crippen molar-refractivity contribution < 1.29 is 14.2 Å². The summed E-state index contributed by atoms with van der Waals surface area (Å²) in [4.78, 5) is 19.1. The van der Waals surface area contributed by atoms with Crippen molar-refractivity contribution >= 4 is 10.9 Å². The third-order valence-corrected chi connectivity index (χ3v) is 8.26. The zero-order chi connectivity index (χ0) is 27.5. The molecular weight excluding hydrogens is 508 g/mol. The Morgan fingerprint density at radius 3 is 2.55 bits per heavy atom. The fourth-order valence-corrected chi connectivity index (χ4v) is 6.13. The molecule has 2 aliphatic heterocycles. The molecule has 4 heterocycles. The Labute approximate surface area is 233 Å². The van der Waals surface area contributed by atoms with Crippen LogP contribution in [0.2, 0.25) is 0 Å². The number of nitrogens with zero attached hydrogens (tertiary/aromatic N) is 5. The van der Waals surface area contributed by atoms with E-state index in [1.807, 2.05) is 16.8 Å². The van der Waals surface area contributed by atoms with E-state index < -0.39 is 6.04 Å². The van der Waals surface area contributed by atoms with Gasteiger partial charge in [0, 0.05) is 23.6 Å². The molecule has 6 rings (SSSR count). The fraction of sp³-hybridized carbons (Fsp3) is 0.467. The molecule has 2 aliphatic rings. The summed E-state index contributed by atoms with van der Waals surface area (Å²) in [6, 6.07) is 15.9. The third-order valence-electron chi connectivity index (χ3n) is 8.26. The number of aromatic amines is 1. The van der Waals surface area contributed by atoms with Crippen molar-refractivity contribution in [1.29, 1.82) is 0 Å². The van der Waals surface area contributed by atoms with Crippen LogP contribution in [-0.2, 0) is 17.7 Å². The van der Waals surface area contributed by atoms with Gasteiger partial charge in [-0.05, 0) is 79.2 Å². The molecule has 0 amide bonds. The van der Waals surface area contributed by atoms with Crippen LogP contribution < -0.4 is 15.0 Å². The summed E-state index contributed by atoms with van der Waals surface area (Å²) in [6.07, 6.45) is 5.23. The van der Waals surface area contributed by atoms with Crippen LogP contribution in [0.3, 0.4) is 0 Å². The van der Waals surface area contributed by atoms with Crippen LogP contribution in [-0.4, -0.2) is 70.1 Å². The number of ether oxygens (including phenoxy) is 3. The zero-order valence-electron chi connectivity index (χ0n) is 23.1. The monoisotopic (exact) mass is 544 g/mol. The topological polar surface area (TPSA) is 107 Å². The van der Waals surface area contributed by atoms with E-state index in [9.17, 15) is 4.79 Å². The minimum Gasteiger partial charge on any atom is -0.493 e. The predicted octanol–water partition coefficient (Wildman–Crippen LogP) is 3.75. The number of H-pyrrole nitrogens is 1. The lowest BCUT2D eigenvalue weighted by Crippen LogP contribution is -2.41. The van der Waals surface area contributed by atoms with Gasteiger partial charge in [-0.15, -0.1) is 5.10 Å². The Bertz CT molecular complexity index is 1490. The molecule has 1 N–H and O–H groups in total. The van der Waals surface area contributed by atoms with Crippen molar-refractivity contribution in [2.45, 2.75) is 50.8 Å². The average Bonchev–Trinajstić information content (AvgIpc) is 3.67. The van der Waals surface area contributed by atoms with Gasteiger partial charge in [-0.1, -0.05) is 30.3 Å². The van der Waals surface area contributed by atoms with Gasteiger partial charge < -0.3 is 19.2 Å². The van der Waals surface area contributed by atoms with E-state index in [0.717, 1.165) is 57.2 Å². The second-order valence-corrected chi connectivity index (χ2v) is 10.8. The highest BCUT2D eigenvalue weighted by atomic mass is 16.5. The normalized spacial score (nSPS) is 19.2. The van der Waals surface area contributed by atoms with Crippen LogP contribution in [0, 0.1) is 5.92 Å². The van der Waals surface area contributed by atoms with E-state index in [4.69, 9.17) is 14.2 Å². The Kier molecular flexibility index (Phi) is 7.79. The molecule has 40 heavy (non-hydrogen) atoms. The quantitative estimate of drug-likeness (QED) is 0.340. The molecule has 0 radical (unpaired) electrons. The molecule has 2 fully saturated rings. The molecule has 2 saturated heterocycles. The molecule has 2 aromatic carbocycles. The number of hydrogen-bond donors (Lipinski definition) is 1. The first-order chi connectivity index (χ1) is 19.6. The van der Waals surface area contributed by atoms with Gasteiger partial charge in [0.25, 0.3) is 5.56 Å². The summed E-state index contributed by atoms with van der Waals surface area (Å²) in [7, 11) is 3.19. The van der Waals surface area contributed by atoms with E-state index in [-0.39, 0.29) is 11.7 Å². The molecular formula is C30H36N6O4. The van der Waals surface area contributed by atoms with Crippen LogP contribution in [0.25, 0.3) is 10.9 Å². The largest absolute Gasteiger partial charge is 0.493 e. The summed E-state index contributed by atoms with van der Waals surface area (Å²) in [5.74, 6) is 2.43. The van der Waals surface area contributed by atoms with Gasteiger partial charge in [-0.25, -0.2) is 4.68 Å². The smallest absolute Gasteiger partial charge is 0.253 e. The molecule has 0 unspecified atom stereocenters. The minimum atomic E-state index is -0.393. The number of pyridine rings is 1. The second kappa shape index (κ2) is 11.8. The summed E-state index contributed by atoms with van der Waals surface area (Å²) in [5.41, 5.74) is 2.51. The van der Waals surface area contributed by atoms with Crippen LogP contribution in [0.15, 0.2) is 53.3 Å². The highest BCUT2D eigenvalue weighted by Crippen LogP contribution is 2.35. The number of aromatic nitrogens is 5. The number of likely N-dealkylation sites (tertiary alicyclic amines) is 1. The van der Waals surface area contributed by atoms with Crippen LogP contribution in [0.5, 0.6) is 11.5 Å². The molecule has 0 bridgehead atoms. The molecule has 10 nitrogen and oxygen atoms in total. The average molecular weight is 545 g/mol. The summed E-state index contributed by atoms with van der Waals surface area (Å²) < 4.78 is 18.7.